The number of benzene rings is 1. The topological polar surface area (TPSA) is 67.8 Å². The van der Waals surface area contributed by atoms with Crippen LogP contribution in [0.5, 0.6) is 0 Å². The Hall–Kier alpha value is -1.17. The van der Waals surface area contributed by atoms with Crippen molar-refractivity contribution in [2.45, 2.75) is 0 Å². The van der Waals surface area contributed by atoms with Crippen LogP contribution in [0.1, 0.15) is 5.56 Å². The zero-order valence-corrected chi connectivity index (χ0v) is 13.0. The third-order valence-electron chi connectivity index (χ3n) is 4.19. The quantitative estimate of drug-likeness (QED) is 0.625. The standard InChI is InChI=1S/C14H18NO5P/c1-18-21(17,19-2)14-13(16)11-5-3-4-6-12(11)15(14)7-9-20-10-8-15/h3-6H,7-10H2,1-2H3. The molecule has 21 heavy (non-hydrogen) atoms. The number of fused-ring (bicyclic) bond motifs is 2. The fourth-order valence-corrected chi connectivity index (χ4v) is 4.82. The summed E-state index contributed by atoms with van der Waals surface area (Å²) in [7, 11) is -0.998. The first-order valence-corrected chi connectivity index (χ1v) is 8.32. The predicted molar refractivity (Wildman–Crippen MR) is 77.3 cm³/mol. The van der Waals surface area contributed by atoms with Gasteiger partial charge < -0.3 is 18.9 Å². The lowest BCUT2D eigenvalue weighted by atomic mass is 10.1. The molecule has 0 amide bonds. The highest BCUT2D eigenvalue weighted by atomic mass is 31.2. The van der Waals surface area contributed by atoms with Gasteiger partial charge in [-0.25, -0.2) is 9.05 Å². The van der Waals surface area contributed by atoms with E-state index in [1.807, 2.05) is 12.1 Å². The second-order valence-electron chi connectivity index (χ2n) is 5.06. The van der Waals surface area contributed by atoms with E-state index in [0.29, 0.717) is 31.9 Å². The molecule has 2 aliphatic heterocycles. The van der Waals surface area contributed by atoms with Crippen molar-refractivity contribution >= 4 is 19.0 Å². The molecular weight excluding hydrogens is 293 g/mol. The van der Waals surface area contributed by atoms with Gasteiger partial charge in [-0.1, -0.05) is 12.1 Å². The van der Waals surface area contributed by atoms with E-state index in [1.165, 1.54) is 14.2 Å². The Morgan fingerprint density at radius 2 is 1.81 bits per heavy atom. The van der Waals surface area contributed by atoms with Crippen LogP contribution in [0.2, 0.25) is 0 Å². The first-order chi connectivity index (χ1) is 10.1. The number of rotatable bonds is 3. The van der Waals surface area contributed by atoms with Gasteiger partial charge in [0, 0.05) is 25.8 Å². The van der Waals surface area contributed by atoms with Crippen LogP contribution in [0.15, 0.2) is 29.7 Å². The number of hydrogen-bond acceptors (Lipinski definition) is 5. The van der Waals surface area contributed by atoms with Crippen LogP contribution in [0.3, 0.4) is 0 Å². The van der Waals surface area contributed by atoms with E-state index in [9.17, 15) is 9.67 Å². The van der Waals surface area contributed by atoms with Crippen molar-refractivity contribution in [3.05, 3.63) is 35.3 Å². The fraction of sp³-hybridized carbons (Fsp3) is 0.429. The summed E-state index contributed by atoms with van der Waals surface area (Å²) in [4.78, 5) is 0. The molecule has 0 unspecified atom stereocenters. The second-order valence-corrected chi connectivity index (χ2v) is 7.21. The summed E-state index contributed by atoms with van der Waals surface area (Å²) in [6, 6.07) is 7.35. The van der Waals surface area contributed by atoms with Gasteiger partial charge in [-0.15, -0.1) is 0 Å². The highest BCUT2D eigenvalue weighted by Crippen LogP contribution is 2.64. The molecule has 2 heterocycles. The largest absolute Gasteiger partial charge is 0.868 e. The Labute approximate surface area is 123 Å². The van der Waals surface area contributed by atoms with E-state index in [4.69, 9.17) is 13.8 Å². The molecule has 1 saturated heterocycles. The molecule has 1 aromatic carbocycles. The van der Waals surface area contributed by atoms with Gasteiger partial charge in [0.05, 0.1) is 13.2 Å². The van der Waals surface area contributed by atoms with Crippen LogP contribution in [-0.2, 0) is 18.3 Å². The first-order valence-electron chi connectivity index (χ1n) is 6.78. The summed E-state index contributed by atoms with van der Waals surface area (Å²) in [5, 5.41) is 12.8. The minimum absolute atomic E-state index is 0.206. The minimum atomic E-state index is -3.62. The lowest BCUT2D eigenvalue weighted by Crippen LogP contribution is -2.54. The molecule has 3 rings (SSSR count). The molecule has 0 N–H and O–H groups in total. The zero-order chi connectivity index (χ0) is 15.1. The van der Waals surface area contributed by atoms with Crippen LogP contribution in [0.4, 0.5) is 5.69 Å². The highest BCUT2D eigenvalue weighted by Gasteiger charge is 2.53. The van der Waals surface area contributed by atoms with Crippen molar-refractivity contribution in [2.75, 3.05) is 40.5 Å². The van der Waals surface area contributed by atoms with Gasteiger partial charge in [0.2, 0.25) is 5.44 Å². The van der Waals surface area contributed by atoms with Gasteiger partial charge in [-0.05, 0) is 11.8 Å². The van der Waals surface area contributed by atoms with Crippen LogP contribution < -0.4 is 9.59 Å². The molecule has 0 bridgehead atoms. The molecule has 0 aliphatic carbocycles. The van der Waals surface area contributed by atoms with Crippen molar-refractivity contribution in [3.8, 4) is 0 Å². The van der Waals surface area contributed by atoms with Gasteiger partial charge in [-0.3, -0.25) is 0 Å². The molecule has 0 radical (unpaired) electrons. The third-order valence-corrected chi connectivity index (χ3v) is 6.26. The number of hydrogen-bond donors (Lipinski definition) is 0. The monoisotopic (exact) mass is 311 g/mol. The highest BCUT2D eigenvalue weighted by molar-refractivity contribution is 7.58. The summed E-state index contributed by atoms with van der Waals surface area (Å²) in [5.74, 6) is -0.250. The molecule has 1 fully saturated rings. The van der Waals surface area contributed by atoms with Crippen LogP contribution >= 0.6 is 7.60 Å². The van der Waals surface area contributed by atoms with E-state index in [2.05, 4.69) is 0 Å². The van der Waals surface area contributed by atoms with E-state index >= 15 is 0 Å². The number of morpholine rings is 1. The lowest BCUT2D eigenvalue weighted by molar-refractivity contribution is -0.244. The van der Waals surface area contributed by atoms with Crippen molar-refractivity contribution in [1.29, 1.82) is 0 Å². The third kappa shape index (κ3) is 1.99. The van der Waals surface area contributed by atoms with Gasteiger partial charge in [0.15, 0.2) is 0 Å². The summed E-state index contributed by atoms with van der Waals surface area (Å²) < 4.78 is 28.8. The number of para-hydroxylation sites is 1. The SMILES string of the molecule is COP(=O)(OC)C1=C([O-])c2ccccc2[N+]12CCOCC2. The van der Waals surface area contributed by atoms with E-state index in [-0.39, 0.29) is 15.7 Å². The van der Waals surface area contributed by atoms with Crippen molar-refractivity contribution < 1.29 is 23.5 Å². The average Bonchev–Trinajstić information content (AvgIpc) is 2.78. The maximum Gasteiger partial charge on any atom is 0.413 e. The molecule has 2 aliphatic rings. The lowest BCUT2D eigenvalue weighted by Gasteiger charge is -2.40. The van der Waals surface area contributed by atoms with Crippen LogP contribution in [-0.4, -0.2) is 40.5 Å². The van der Waals surface area contributed by atoms with Crippen molar-refractivity contribution in [3.63, 3.8) is 0 Å². The van der Waals surface area contributed by atoms with E-state index in [0.717, 1.165) is 5.69 Å². The minimum Gasteiger partial charge on any atom is -0.868 e. The molecule has 0 atom stereocenters. The summed E-state index contributed by atoms with van der Waals surface area (Å²) >= 11 is 0. The maximum atomic E-state index is 12.9. The molecule has 6 nitrogen and oxygen atoms in total. The Bertz CT molecular complexity index is 628. The average molecular weight is 311 g/mol. The Morgan fingerprint density at radius 1 is 1.19 bits per heavy atom. The summed E-state index contributed by atoms with van der Waals surface area (Å²) in [6.07, 6.45) is 0. The molecule has 0 aromatic heterocycles. The normalized spacial score (nSPS) is 20.9. The van der Waals surface area contributed by atoms with Gasteiger partial charge in [-0.2, -0.15) is 0 Å². The van der Waals surface area contributed by atoms with E-state index in [1.54, 1.807) is 12.1 Å². The molecule has 0 saturated carbocycles. The van der Waals surface area contributed by atoms with Crippen LogP contribution in [0, 0.1) is 0 Å². The Morgan fingerprint density at radius 3 is 2.43 bits per heavy atom. The number of quaternary nitrogens is 1. The second kappa shape index (κ2) is 5.23. The molecule has 114 valence electrons. The predicted octanol–water partition coefficient (Wildman–Crippen LogP) is 1.51. The Balaban J connectivity index is 2.26. The fourth-order valence-electron chi connectivity index (χ4n) is 3.18. The van der Waals surface area contributed by atoms with Gasteiger partial charge in [0.25, 0.3) is 0 Å². The molecule has 1 spiro atoms. The smallest absolute Gasteiger partial charge is 0.413 e. The van der Waals surface area contributed by atoms with Crippen molar-refractivity contribution in [1.82, 2.24) is 4.48 Å². The summed E-state index contributed by atoms with van der Waals surface area (Å²) in [6.45, 7) is 2.10. The molecule has 7 heteroatoms. The van der Waals surface area contributed by atoms with Gasteiger partial charge in [0.1, 0.15) is 18.8 Å². The maximum absolute atomic E-state index is 12.9. The van der Waals surface area contributed by atoms with Crippen molar-refractivity contribution in [2.24, 2.45) is 0 Å². The number of nitrogens with zero attached hydrogens (tertiary/aromatic N) is 1. The molecule has 1 aromatic rings. The van der Waals surface area contributed by atoms with E-state index < -0.39 is 7.60 Å². The zero-order valence-electron chi connectivity index (χ0n) is 12.1. The van der Waals surface area contributed by atoms with Crippen LogP contribution in [0.25, 0.3) is 5.76 Å². The molecular formula is C14H18NO5P. The number of ether oxygens (including phenoxy) is 1. The summed E-state index contributed by atoms with van der Waals surface area (Å²) in [5.41, 5.74) is 1.64. The van der Waals surface area contributed by atoms with Gasteiger partial charge >= 0.3 is 7.60 Å². The first kappa shape index (κ1) is 14.8. The Kier molecular flexibility index (Phi) is 3.67.